The third kappa shape index (κ3) is 4.76. The molecule has 2 N–H and O–H groups in total. The minimum absolute atomic E-state index is 0.125. The van der Waals surface area contributed by atoms with Gasteiger partial charge in [0.25, 0.3) is 5.97 Å². The normalized spacial score (nSPS) is 9.76. The van der Waals surface area contributed by atoms with Gasteiger partial charge in [0.1, 0.15) is 11.5 Å². The first-order valence-corrected chi connectivity index (χ1v) is 6.44. The molecule has 0 bridgehead atoms. The third-order valence-corrected chi connectivity index (χ3v) is 2.83. The first-order chi connectivity index (χ1) is 10.2. The highest BCUT2D eigenvalue weighted by atomic mass is 16.6. The number of ether oxygens (including phenoxy) is 1. The van der Waals surface area contributed by atoms with Crippen LogP contribution >= 0.6 is 0 Å². The van der Waals surface area contributed by atoms with Gasteiger partial charge in [-0.1, -0.05) is 12.1 Å². The van der Waals surface area contributed by atoms with E-state index in [0.29, 0.717) is 11.4 Å². The predicted molar refractivity (Wildman–Crippen MR) is 81.4 cm³/mol. The van der Waals surface area contributed by atoms with Gasteiger partial charge in [-0.05, 0) is 42.0 Å². The molecular formula is C15H16BNO4. The fourth-order valence-electron chi connectivity index (χ4n) is 1.69. The number of methoxy groups -OCH3 is 1. The molecule has 2 aromatic rings. The van der Waals surface area contributed by atoms with E-state index in [4.69, 9.17) is 19.8 Å². The highest BCUT2D eigenvalue weighted by Crippen LogP contribution is 2.16. The Kier molecular flexibility index (Phi) is 5.09. The van der Waals surface area contributed by atoms with Crippen LogP contribution in [-0.2, 0) is 15.9 Å². The van der Waals surface area contributed by atoms with Crippen LogP contribution in [0.2, 0.25) is 0 Å². The van der Waals surface area contributed by atoms with Crippen molar-refractivity contribution in [1.29, 1.82) is 0 Å². The molecule has 0 spiro atoms. The van der Waals surface area contributed by atoms with Crippen LogP contribution in [0.15, 0.2) is 48.5 Å². The molecule has 6 heteroatoms. The average Bonchev–Trinajstić information content (AvgIpc) is 2.50. The van der Waals surface area contributed by atoms with Gasteiger partial charge >= 0.3 is 7.69 Å². The molecule has 0 saturated carbocycles. The van der Waals surface area contributed by atoms with Gasteiger partial charge in [-0.15, -0.1) is 0 Å². The van der Waals surface area contributed by atoms with Crippen LogP contribution in [0.3, 0.4) is 0 Å². The lowest BCUT2D eigenvalue weighted by atomic mass is 10.1. The smallest absolute Gasteiger partial charge is 0.528 e. The number of carbonyl (C=O) groups excluding carboxylic acids is 1. The maximum Gasteiger partial charge on any atom is 0.578 e. The van der Waals surface area contributed by atoms with E-state index in [1.165, 1.54) is 0 Å². The topological polar surface area (TPSA) is 70.8 Å². The Hall–Kier alpha value is -2.63. The van der Waals surface area contributed by atoms with E-state index < -0.39 is 0 Å². The molecule has 0 heterocycles. The molecule has 0 saturated heterocycles. The number of nitrogens with two attached hydrogens (primary N) is 1. The van der Waals surface area contributed by atoms with Gasteiger partial charge in [0, 0.05) is 5.69 Å². The zero-order valence-electron chi connectivity index (χ0n) is 11.7. The highest BCUT2D eigenvalue weighted by molar-refractivity contribution is 6.23. The Bertz CT molecular complexity index is 584. The van der Waals surface area contributed by atoms with Crippen molar-refractivity contribution in [2.45, 2.75) is 6.42 Å². The fraction of sp³-hybridized carbons (Fsp3) is 0.133. The molecule has 0 aliphatic rings. The summed E-state index contributed by atoms with van der Waals surface area (Å²) in [6.45, 7) is 0. The molecule has 0 radical (unpaired) electrons. The summed E-state index contributed by atoms with van der Waals surface area (Å²) < 4.78 is 15.4. The van der Waals surface area contributed by atoms with Gasteiger partial charge in [-0.3, -0.25) is 4.79 Å². The van der Waals surface area contributed by atoms with Crippen molar-refractivity contribution in [1.82, 2.24) is 0 Å². The summed E-state index contributed by atoms with van der Waals surface area (Å²) in [6.07, 6.45) is 0.187. The molecule has 5 nitrogen and oxygen atoms in total. The van der Waals surface area contributed by atoms with Crippen LogP contribution in [0.25, 0.3) is 0 Å². The van der Waals surface area contributed by atoms with Crippen LogP contribution in [0.5, 0.6) is 11.5 Å². The molecule has 108 valence electrons. The zero-order chi connectivity index (χ0) is 15.1. The summed E-state index contributed by atoms with van der Waals surface area (Å²) in [7, 11) is 1.47. The van der Waals surface area contributed by atoms with Crippen molar-refractivity contribution in [3.63, 3.8) is 0 Å². The number of nitrogen functional groups attached to an aromatic ring is 1. The van der Waals surface area contributed by atoms with Crippen molar-refractivity contribution in [3.8, 4) is 11.5 Å². The first kappa shape index (κ1) is 14.8. The maximum absolute atomic E-state index is 11.6. The molecular weight excluding hydrogens is 269 g/mol. The average molecular weight is 285 g/mol. The van der Waals surface area contributed by atoms with E-state index in [0.717, 1.165) is 11.3 Å². The minimum atomic E-state index is -0.353. The van der Waals surface area contributed by atoms with Gasteiger partial charge in [0.2, 0.25) is 0 Å². The second kappa shape index (κ2) is 7.24. The number of carbonyl (C=O) groups is 1. The summed E-state index contributed by atoms with van der Waals surface area (Å²) in [5.74, 6) is 0.993. The molecule has 21 heavy (non-hydrogen) atoms. The molecule has 0 aromatic heterocycles. The third-order valence-electron chi connectivity index (χ3n) is 2.83. The van der Waals surface area contributed by atoms with Crippen LogP contribution in [0.4, 0.5) is 5.69 Å². The summed E-state index contributed by atoms with van der Waals surface area (Å²) in [5.41, 5.74) is 7.09. The van der Waals surface area contributed by atoms with Gasteiger partial charge in [-0.25, -0.2) is 0 Å². The van der Waals surface area contributed by atoms with Crippen molar-refractivity contribution < 1.29 is 18.8 Å². The lowest BCUT2D eigenvalue weighted by Gasteiger charge is -2.07. The second-order valence-corrected chi connectivity index (χ2v) is 4.37. The van der Waals surface area contributed by atoms with E-state index in [1.807, 2.05) is 0 Å². The number of anilines is 1. The number of hydrogen-bond donors (Lipinski definition) is 1. The Morgan fingerprint density at radius 1 is 1.05 bits per heavy atom. The van der Waals surface area contributed by atoms with Crippen molar-refractivity contribution >= 4 is 19.3 Å². The van der Waals surface area contributed by atoms with Crippen molar-refractivity contribution in [3.05, 3.63) is 54.1 Å². The van der Waals surface area contributed by atoms with Gasteiger partial charge < -0.3 is 19.8 Å². The molecule has 0 amide bonds. The van der Waals surface area contributed by atoms with E-state index >= 15 is 0 Å². The molecule has 2 aromatic carbocycles. The SMILES string of the molecule is COc1ccc(OBOC(=O)Cc2ccc(N)cc2)cc1. The van der Waals surface area contributed by atoms with E-state index in [2.05, 4.69) is 0 Å². The van der Waals surface area contributed by atoms with E-state index in [1.54, 1.807) is 55.6 Å². The molecule has 0 fully saturated rings. The van der Waals surface area contributed by atoms with Crippen molar-refractivity contribution in [2.75, 3.05) is 12.8 Å². The summed E-state index contributed by atoms with van der Waals surface area (Å²) in [4.78, 5) is 11.6. The maximum atomic E-state index is 11.6. The van der Waals surface area contributed by atoms with Crippen LogP contribution in [-0.4, -0.2) is 20.8 Å². The second-order valence-electron chi connectivity index (χ2n) is 4.37. The minimum Gasteiger partial charge on any atom is -0.528 e. The number of rotatable bonds is 6. The highest BCUT2D eigenvalue weighted by Gasteiger charge is 2.07. The van der Waals surface area contributed by atoms with Crippen LogP contribution in [0.1, 0.15) is 5.56 Å². The van der Waals surface area contributed by atoms with Crippen LogP contribution < -0.4 is 15.1 Å². The first-order valence-electron chi connectivity index (χ1n) is 6.44. The lowest BCUT2D eigenvalue weighted by Crippen LogP contribution is -2.16. The molecule has 0 aliphatic carbocycles. The number of hydrogen-bond acceptors (Lipinski definition) is 5. The Morgan fingerprint density at radius 2 is 1.67 bits per heavy atom. The zero-order valence-corrected chi connectivity index (χ0v) is 11.7. The monoisotopic (exact) mass is 285 g/mol. The van der Waals surface area contributed by atoms with Crippen molar-refractivity contribution in [2.24, 2.45) is 0 Å². The molecule has 0 unspecified atom stereocenters. The van der Waals surface area contributed by atoms with E-state index in [-0.39, 0.29) is 20.1 Å². The van der Waals surface area contributed by atoms with E-state index in [9.17, 15) is 4.79 Å². The Balaban J connectivity index is 1.74. The van der Waals surface area contributed by atoms with Gasteiger partial charge in [0.05, 0.1) is 13.5 Å². The summed E-state index contributed by atoms with van der Waals surface area (Å²) in [5, 5.41) is 0. The predicted octanol–water partition coefficient (Wildman–Crippen LogP) is 1.71. The largest absolute Gasteiger partial charge is 0.578 e. The fourth-order valence-corrected chi connectivity index (χ4v) is 1.69. The standard InChI is InChI=1S/C15H16BNO4/c1-19-13-6-8-14(9-7-13)20-16-21-15(18)10-11-2-4-12(17)5-3-11/h2-9,16H,10,17H2,1H3. The van der Waals surface area contributed by atoms with Gasteiger partial charge in [-0.2, -0.15) is 0 Å². The Morgan fingerprint density at radius 3 is 2.29 bits per heavy atom. The number of benzene rings is 2. The van der Waals surface area contributed by atoms with Crippen LogP contribution in [0, 0.1) is 0 Å². The van der Waals surface area contributed by atoms with Gasteiger partial charge in [0.15, 0.2) is 0 Å². The summed E-state index contributed by atoms with van der Waals surface area (Å²) in [6, 6.07) is 14.1. The molecule has 0 aliphatic heterocycles. The lowest BCUT2D eigenvalue weighted by molar-refractivity contribution is -0.134. The summed E-state index contributed by atoms with van der Waals surface area (Å²) >= 11 is 0. The molecule has 0 atom stereocenters. The quantitative estimate of drug-likeness (QED) is 0.646. The molecule has 2 rings (SSSR count). The Labute approximate surface area is 123 Å².